The molecule has 10 rings (SSSR count). The number of benzene rings is 2. The summed E-state index contributed by atoms with van der Waals surface area (Å²) in [7, 11) is 0. The maximum absolute atomic E-state index is 14.1. The van der Waals surface area contributed by atoms with Crippen LogP contribution in [0.3, 0.4) is 0 Å². The number of piperidine rings is 2. The van der Waals surface area contributed by atoms with Gasteiger partial charge in [0.15, 0.2) is 25.4 Å². The fourth-order valence-electron chi connectivity index (χ4n) is 8.51. The van der Waals surface area contributed by atoms with E-state index in [4.69, 9.17) is 35.7 Å². The monoisotopic (exact) mass is 1120 g/mol. The van der Waals surface area contributed by atoms with Crippen molar-refractivity contribution < 1.29 is 69.0 Å². The number of rotatable bonds is 12. The third-order valence-electron chi connectivity index (χ3n) is 12.6. The highest BCUT2D eigenvalue weighted by atomic mass is 35.5. The largest absolute Gasteiger partial charge is 0.507 e. The Morgan fingerprint density at radius 2 is 1.05 bits per heavy atom. The summed E-state index contributed by atoms with van der Waals surface area (Å²) in [5, 5.41) is 24.3. The number of nitrogens with zero attached hydrogens (tertiary/aromatic N) is 10. The molecule has 2 amide bonds. The van der Waals surface area contributed by atoms with E-state index in [1.807, 2.05) is 10.8 Å². The van der Waals surface area contributed by atoms with Gasteiger partial charge in [0.2, 0.25) is 0 Å². The van der Waals surface area contributed by atoms with E-state index in [9.17, 15) is 49.8 Å². The minimum Gasteiger partial charge on any atom is -0.507 e. The molecule has 8 heterocycles. The van der Waals surface area contributed by atoms with Crippen LogP contribution in [0.4, 0.5) is 35.1 Å². The van der Waals surface area contributed by atoms with Gasteiger partial charge in [-0.1, -0.05) is 34.0 Å². The van der Waals surface area contributed by atoms with Crippen LogP contribution in [0.5, 0.6) is 17.8 Å². The summed E-state index contributed by atoms with van der Waals surface area (Å²) in [6.45, 7) is 1.14. The Kier molecular flexibility index (Phi) is 16.2. The minimum atomic E-state index is -4.56. The summed E-state index contributed by atoms with van der Waals surface area (Å²) >= 11 is 9.20. The smallest absolute Gasteiger partial charge is 0.419 e. The average molecular weight is 1120 g/mol. The molecule has 400 valence electrons. The highest BCUT2D eigenvalue weighted by Gasteiger charge is 2.35. The van der Waals surface area contributed by atoms with E-state index < -0.39 is 47.3 Å². The van der Waals surface area contributed by atoms with Gasteiger partial charge in [-0.15, -0.1) is 22.7 Å². The van der Waals surface area contributed by atoms with Crippen LogP contribution in [0.2, 0.25) is 5.02 Å². The van der Waals surface area contributed by atoms with E-state index in [1.54, 1.807) is 28.0 Å². The molecule has 4 aliphatic heterocycles. The highest BCUT2D eigenvalue weighted by Crippen LogP contribution is 2.41. The molecule has 2 saturated heterocycles. The SMILES string of the molecule is O=C(COc1ncc(C(F)(F)F)cn1)N1CCC(c2nc(C3=NOC(c4c(F)cccc4F)C3)cs2)CC1.O=C(COc1ncc(C(F)(F)F)cn1)N1CCC(c2nc(C3=NOC(c4c(O)cccc4Cl)C3)cs2)CC1. The first-order valence-corrected chi connectivity index (χ1v) is 25.4. The minimum absolute atomic E-state index is 0.0523. The van der Waals surface area contributed by atoms with Crippen LogP contribution in [0.1, 0.15) is 106 Å². The van der Waals surface area contributed by atoms with Gasteiger partial charge >= 0.3 is 24.4 Å². The second-order valence-corrected chi connectivity index (χ2v) is 19.7. The number of halogens is 9. The number of aromatic hydroxyl groups is 1. The number of carbonyl (C=O) groups is 2. The van der Waals surface area contributed by atoms with E-state index in [-0.39, 0.29) is 66.6 Å². The van der Waals surface area contributed by atoms with Crippen molar-refractivity contribution in [3.8, 4) is 17.8 Å². The van der Waals surface area contributed by atoms with Gasteiger partial charge in [-0.3, -0.25) is 9.59 Å². The molecule has 2 aromatic carbocycles. The average Bonchev–Trinajstić information content (AvgIpc) is 4.27. The topological polar surface area (TPSA) is 200 Å². The summed E-state index contributed by atoms with van der Waals surface area (Å²) in [5.41, 5.74) is 0.824. The predicted octanol–water partition coefficient (Wildman–Crippen LogP) is 9.84. The van der Waals surface area contributed by atoms with Crippen LogP contribution in [-0.2, 0) is 31.6 Å². The summed E-state index contributed by atoms with van der Waals surface area (Å²) in [6.07, 6.45) is -4.69. The Labute approximate surface area is 439 Å². The lowest BCUT2D eigenvalue weighted by molar-refractivity contribution is -0.139. The lowest BCUT2D eigenvalue weighted by Crippen LogP contribution is -2.40. The van der Waals surface area contributed by atoms with Crippen molar-refractivity contribution in [3.05, 3.63) is 132 Å². The molecule has 0 aliphatic carbocycles. The number of phenols is 1. The zero-order chi connectivity index (χ0) is 53.7. The van der Waals surface area contributed by atoms with Gasteiger partial charge in [0.1, 0.15) is 28.8 Å². The van der Waals surface area contributed by atoms with Gasteiger partial charge in [-0.25, -0.2) is 38.7 Å². The van der Waals surface area contributed by atoms with Crippen molar-refractivity contribution >= 4 is 57.5 Å². The Bertz CT molecular complexity index is 2850. The molecule has 0 bridgehead atoms. The lowest BCUT2D eigenvalue weighted by Gasteiger charge is -2.31. The fraction of sp³-hybridized carbons (Fsp3) is 0.375. The quantitative estimate of drug-likeness (QED) is 0.114. The molecule has 1 N–H and O–H groups in total. The number of amides is 2. The summed E-state index contributed by atoms with van der Waals surface area (Å²) < 4.78 is 114. The van der Waals surface area contributed by atoms with Crippen LogP contribution in [0.25, 0.3) is 0 Å². The van der Waals surface area contributed by atoms with Gasteiger partial charge in [0, 0.05) is 86.4 Å². The maximum atomic E-state index is 14.1. The number of carbonyl (C=O) groups excluding carboxylic acids is 2. The van der Waals surface area contributed by atoms with Gasteiger partial charge in [-0.2, -0.15) is 26.3 Å². The van der Waals surface area contributed by atoms with Crippen molar-refractivity contribution in [1.29, 1.82) is 0 Å². The molecule has 17 nitrogen and oxygen atoms in total. The molecule has 2 unspecified atom stereocenters. The Morgan fingerprint density at radius 1 is 0.645 bits per heavy atom. The molecular weight excluding hydrogens is 1080 g/mol. The number of ether oxygens (including phenoxy) is 2. The zero-order valence-electron chi connectivity index (χ0n) is 39.3. The number of hydrogen-bond acceptors (Lipinski definition) is 17. The van der Waals surface area contributed by atoms with Crippen molar-refractivity contribution in [2.24, 2.45) is 10.3 Å². The van der Waals surface area contributed by atoms with Crippen LogP contribution in [0.15, 0.2) is 82.3 Å². The fourth-order valence-corrected chi connectivity index (χ4v) is 10.8. The van der Waals surface area contributed by atoms with E-state index in [2.05, 4.69) is 35.2 Å². The molecule has 2 atom stereocenters. The Hall–Kier alpha value is -7.13. The van der Waals surface area contributed by atoms with Crippen LogP contribution >= 0.6 is 34.3 Å². The number of phenolic OH excluding ortho intramolecular Hbond substituents is 1. The molecule has 0 saturated carbocycles. The summed E-state index contributed by atoms with van der Waals surface area (Å²) in [5.74, 6) is -1.67. The first-order chi connectivity index (χ1) is 36.4. The van der Waals surface area contributed by atoms with Crippen molar-refractivity contribution in [1.82, 2.24) is 39.7 Å². The molecule has 0 spiro atoms. The number of oxime groups is 2. The third kappa shape index (κ3) is 12.7. The van der Waals surface area contributed by atoms with Gasteiger partial charge < -0.3 is 34.1 Å². The summed E-state index contributed by atoms with van der Waals surface area (Å²) in [6, 6.07) is 7.93. The molecular formula is C48H41ClF8N10O7S2. The van der Waals surface area contributed by atoms with E-state index in [1.165, 1.54) is 40.9 Å². The van der Waals surface area contributed by atoms with Crippen LogP contribution in [0, 0.1) is 11.6 Å². The standard InChI is InChI=1S/C24H21ClF3N5O4S.C24H20F5N5O3S/c25-15-2-1-3-18(34)21(15)19-8-16(32-37-19)17-12-38-22(31-17)13-4-6-33(7-5-13)20(35)11-36-23-29-9-14(10-30-23)24(26,27)28;25-15-2-1-3-16(26)21(15)19-8-17(33-37-19)18-12-38-22(32-18)13-4-6-34(7-5-13)20(35)11-36-23-30-9-14(10-31-23)24(27,28)29/h1-3,9-10,12-13,19,34H,4-8,11H2;1-3,9-10,12-13,19H,4-8,11H2. The normalized spacial score (nSPS) is 18.3. The van der Waals surface area contributed by atoms with E-state index >= 15 is 0 Å². The highest BCUT2D eigenvalue weighted by molar-refractivity contribution is 7.10. The molecule has 28 heteroatoms. The number of likely N-dealkylation sites (tertiary alicyclic amines) is 2. The maximum Gasteiger partial charge on any atom is 0.419 e. The number of thiazole rings is 2. The second kappa shape index (κ2) is 23.0. The Morgan fingerprint density at radius 3 is 1.46 bits per heavy atom. The van der Waals surface area contributed by atoms with Gasteiger partial charge in [0.05, 0.1) is 48.7 Å². The molecule has 4 aliphatic rings. The predicted molar refractivity (Wildman–Crippen MR) is 256 cm³/mol. The molecule has 0 radical (unpaired) electrons. The third-order valence-corrected chi connectivity index (χ3v) is 14.9. The second-order valence-electron chi connectivity index (χ2n) is 17.5. The van der Waals surface area contributed by atoms with Crippen LogP contribution < -0.4 is 9.47 Å². The first kappa shape index (κ1) is 53.7. The summed E-state index contributed by atoms with van der Waals surface area (Å²) in [4.78, 5) is 62.5. The Balaban J connectivity index is 0.000000186. The molecule has 6 aromatic rings. The number of alkyl halides is 6. The van der Waals surface area contributed by atoms with Gasteiger partial charge in [0.25, 0.3) is 11.8 Å². The van der Waals surface area contributed by atoms with E-state index in [0.29, 0.717) is 116 Å². The molecule has 4 aromatic heterocycles. The van der Waals surface area contributed by atoms with Crippen molar-refractivity contribution in [2.45, 2.75) is 74.9 Å². The van der Waals surface area contributed by atoms with E-state index in [0.717, 1.165) is 10.0 Å². The number of hydrogen-bond donors (Lipinski definition) is 1. The lowest BCUT2D eigenvalue weighted by atomic mass is 9.97. The number of aromatic nitrogens is 6. The first-order valence-electron chi connectivity index (χ1n) is 23.3. The molecule has 76 heavy (non-hydrogen) atoms. The van der Waals surface area contributed by atoms with Crippen molar-refractivity contribution in [3.63, 3.8) is 0 Å². The zero-order valence-corrected chi connectivity index (χ0v) is 41.7. The van der Waals surface area contributed by atoms with Gasteiger partial charge in [-0.05, 0) is 49.9 Å². The molecule has 2 fully saturated rings. The van der Waals surface area contributed by atoms with Crippen molar-refractivity contribution in [2.75, 3.05) is 39.4 Å². The van der Waals surface area contributed by atoms with Crippen LogP contribution in [-0.4, -0.2) is 107 Å².